The van der Waals surface area contributed by atoms with Crippen molar-refractivity contribution in [3.05, 3.63) is 0 Å². The smallest absolute Gasteiger partial charge is 0.151 e. The first-order valence-electron chi connectivity index (χ1n) is 3.26. The molecule has 0 bridgehead atoms. The summed E-state index contributed by atoms with van der Waals surface area (Å²) in [5, 5.41) is 0. The maximum absolute atomic E-state index is 10.9. The van der Waals surface area contributed by atoms with Gasteiger partial charge in [-0.3, -0.25) is 0 Å². The van der Waals surface area contributed by atoms with Crippen LogP contribution in [0.1, 0.15) is 6.42 Å². The first kappa shape index (κ1) is 9.00. The SMILES string of the molecule is O=CC1(CCl)CCS(=O)(=O)C1. The molecule has 0 spiro atoms. The summed E-state index contributed by atoms with van der Waals surface area (Å²) >= 11 is 5.50. The van der Waals surface area contributed by atoms with Gasteiger partial charge in [0.25, 0.3) is 0 Å². The fourth-order valence-corrected chi connectivity index (χ4v) is 3.63. The zero-order chi connectivity index (χ0) is 8.54. The average Bonchev–Trinajstić information content (AvgIpc) is 2.28. The fourth-order valence-electron chi connectivity index (χ4n) is 1.17. The summed E-state index contributed by atoms with van der Waals surface area (Å²) in [4.78, 5) is 10.5. The molecule has 0 amide bonds. The molecular formula is C6H9ClO3S. The van der Waals surface area contributed by atoms with Crippen molar-refractivity contribution in [3.63, 3.8) is 0 Å². The molecule has 1 rings (SSSR count). The van der Waals surface area contributed by atoms with Crippen LogP contribution in [0.5, 0.6) is 0 Å². The van der Waals surface area contributed by atoms with Gasteiger partial charge >= 0.3 is 0 Å². The van der Waals surface area contributed by atoms with Crippen LogP contribution in [-0.2, 0) is 14.6 Å². The van der Waals surface area contributed by atoms with Crippen molar-refractivity contribution >= 4 is 27.7 Å². The lowest BCUT2D eigenvalue weighted by Gasteiger charge is -2.14. The quantitative estimate of drug-likeness (QED) is 0.469. The highest BCUT2D eigenvalue weighted by Gasteiger charge is 2.41. The van der Waals surface area contributed by atoms with Crippen molar-refractivity contribution in [1.82, 2.24) is 0 Å². The molecule has 0 N–H and O–H groups in total. The van der Waals surface area contributed by atoms with Gasteiger partial charge in [0.2, 0.25) is 0 Å². The summed E-state index contributed by atoms with van der Waals surface area (Å²) in [6.07, 6.45) is 1.05. The molecule has 1 saturated heterocycles. The van der Waals surface area contributed by atoms with Crippen LogP contribution in [0.25, 0.3) is 0 Å². The first-order valence-corrected chi connectivity index (χ1v) is 5.62. The third kappa shape index (κ3) is 1.73. The first-order chi connectivity index (χ1) is 5.04. The zero-order valence-electron chi connectivity index (χ0n) is 5.92. The summed E-state index contributed by atoms with van der Waals surface area (Å²) < 4.78 is 21.9. The van der Waals surface area contributed by atoms with Gasteiger partial charge in [-0.2, -0.15) is 0 Å². The zero-order valence-corrected chi connectivity index (χ0v) is 7.49. The molecule has 0 saturated carbocycles. The van der Waals surface area contributed by atoms with E-state index in [-0.39, 0.29) is 17.4 Å². The van der Waals surface area contributed by atoms with E-state index in [9.17, 15) is 13.2 Å². The largest absolute Gasteiger partial charge is 0.303 e. The Morgan fingerprint density at radius 3 is 2.36 bits per heavy atom. The second kappa shape index (κ2) is 2.75. The van der Waals surface area contributed by atoms with E-state index in [2.05, 4.69) is 0 Å². The molecular weight excluding hydrogens is 188 g/mol. The maximum Gasteiger partial charge on any atom is 0.151 e. The minimum atomic E-state index is -2.99. The van der Waals surface area contributed by atoms with Crippen molar-refractivity contribution in [2.75, 3.05) is 17.4 Å². The average molecular weight is 197 g/mol. The Kier molecular flexibility index (Phi) is 2.25. The minimum absolute atomic E-state index is 0.0764. The number of sulfone groups is 1. The molecule has 64 valence electrons. The Labute approximate surface area is 70.6 Å². The van der Waals surface area contributed by atoms with E-state index in [0.717, 1.165) is 0 Å². The number of carbonyl (C=O) groups excluding carboxylic acids is 1. The number of carbonyl (C=O) groups is 1. The highest BCUT2D eigenvalue weighted by Crippen LogP contribution is 2.31. The molecule has 1 fully saturated rings. The number of alkyl halides is 1. The van der Waals surface area contributed by atoms with Crippen molar-refractivity contribution in [2.45, 2.75) is 6.42 Å². The highest BCUT2D eigenvalue weighted by molar-refractivity contribution is 7.91. The van der Waals surface area contributed by atoms with E-state index in [1.54, 1.807) is 0 Å². The van der Waals surface area contributed by atoms with Crippen LogP contribution in [-0.4, -0.2) is 32.1 Å². The molecule has 1 aliphatic rings. The van der Waals surface area contributed by atoms with Crippen LogP contribution >= 0.6 is 11.6 Å². The summed E-state index contributed by atoms with van der Waals surface area (Å²) in [7, 11) is -2.99. The van der Waals surface area contributed by atoms with E-state index in [1.165, 1.54) is 0 Å². The number of aldehydes is 1. The lowest BCUT2D eigenvalue weighted by molar-refractivity contribution is -0.114. The monoisotopic (exact) mass is 196 g/mol. The lowest BCUT2D eigenvalue weighted by Crippen LogP contribution is -2.25. The number of hydrogen-bond donors (Lipinski definition) is 0. The van der Waals surface area contributed by atoms with Crippen molar-refractivity contribution in [1.29, 1.82) is 0 Å². The van der Waals surface area contributed by atoms with Gasteiger partial charge in [-0.25, -0.2) is 8.42 Å². The van der Waals surface area contributed by atoms with Crippen LogP contribution < -0.4 is 0 Å². The second-order valence-corrected chi connectivity index (χ2v) is 5.41. The minimum Gasteiger partial charge on any atom is -0.303 e. The Morgan fingerprint density at radius 2 is 2.18 bits per heavy atom. The van der Waals surface area contributed by atoms with Gasteiger partial charge in [-0.15, -0.1) is 11.6 Å². The molecule has 0 aliphatic carbocycles. The molecule has 0 aromatic carbocycles. The second-order valence-electron chi connectivity index (χ2n) is 2.96. The van der Waals surface area contributed by atoms with Crippen LogP contribution in [0.3, 0.4) is 0 Å². The molecule has 1 aliphatic heterocycles. The van der Waals surface area contributed by atoms with E-state index in [4.69, 9.17) is 11.6 Å². The summed E-state index contributed by atoms with van der Waals surface area (Å²) in [5.41, 5.74) is -0.791. The summed E-state index contributed by atoms with van der Waals surface area (Å²) in [6.45, 7) is 0. The van der Waals surface area contributed by atoms with Gasteiger partial charge in [-0.05, 0) is 6.42 Å². The third-order valence-electron chi connectivity index (χ3n) is 1.93. The van der Waals surface area contributed by atoms with Gasteiger partial charge < -0.3 is 4.79 Å². The van der Waals surface area contributed by atoms with Crippen LogP contribution in [0.4, 0.5) is 0 Å². The number of hydrogen-bond acceptors (Lipinski definition) is 3. The molecule has 3 nitrogen and oxygen atoms in total. The predicted molar refractivity (Wildman–Crippen MR) is 42.5 cm³/mol. The molecule has 0 aromatic heterocycles. The molecule has 1 heterocycles. The van der Waals surface area contributed by atoms with Gasteiger partial charge in [-0.1, -0.05) is 0 Å². The maximum atomic E-state index is 10.9. The van der Waals surface area contributed by atoms with Crippen molar-refractivity contribution < 1.29 is 13.2 Å². The van der Waals surface area contributed by atoms with Gasteiger partial charge in [0.05, 0.1) is 16.9 Å². The summed E-state index contributed by atoms with van der Waals surface area (Å²) in [6, 6.07) is 0. The molecule has 5 heteroatoms. The Hall–Kier alpha value is -0.0900. The van der Waals surface area contributed by atoms with E-state index in [1.807, 2.05) is 0 Å². The van der Waals surface area contributed by atoms with Crippen molar-refractivity contribution in [2.24, 2.45) is 5.41 Å². The Bertz CT molecular complexity index is 259. The van der Waals surface area contributed by atoms with Crippen LogP contribution in [0.15, 0.2) is 0 Å². The Balaban J connectivity index is 2.87. The van der Waals surface area contributed by atoms with Crippen molar-refractivity contribution in [3.8, 4) is 0 Å². The molecule has 1 unspecified atom stereocenters. The van der Waals surface area contributed by atoms with Gasteiger partial charge in [0.1, 0.15) is 6.29 Å². The van der Waals surface area contributed by atoms with E-state index < -0.39 is 15.3 Å². The van der Waals surface area contributed by atoms with Crippen LogP contribution in [0.2, 0.25) is 0 Å². The van der Waals surface area contributed by atoms with Crippen LogP contribution in [0, 0.1) is 5.41 Å². The predicted octanol–water partition coefficient (Wildman–Crippen LogP) is 0.229. The third-order valence-corrected chi connectivity index (χ3v) is 4.31. The van der Waals surface area contributed by atoms with E-state index >= 15 is 0 Å². The normalized spacial score (nSPS) is 35.4. The number of rotatable bonds is 2. The topological polar surface area (TPSA) is 51.2 Å². The number of halogens is 1. The van der Waals surface area contributed by atoms with E-state index in [0.29, 0.717) is 12.7 Å². The lowest BCUT2D eigenvalue weighted by atomic mass is 9.92. The molecule has 11 heavy (non-hydrogen) atoms. The fraction of sp³-hybridized carbons (Fsp3) is 0.833. The molecule has 0 radical (unpaired) electrons. The standard InChI is InChI=1S/C6H9ClO3S/c7-3-6(4-8)1-2-11(9,10)5-6/h4H,1-3,5H2. The van der Waals surface area contributed by atoms with Gasteiger partial charge in [0, 0.05) is 5.88 Å². The Morgan fingerprint density at radius 1 is 1.55 bits per heavy atom. The molecule has 1 atom stereocenters. The van der Waals surface area contributed by atoms with Gasteiger partial charge in [0.15, 0.2) is 9.84 Å². The summed E-state index contributed by atoms with van der Waals surface area (Å²) in [5.74, 6) is 0.126. The highest BCUT2D eigenvalue weighted by atomic mass is 35.5. The molecule has 0 aromatic rings.